The molecule has 0 aliphatic rings. The van der Waals surface area contributed by atoms with Crippen molar-refractivity contribution in [2.75, 3.05) is 11.6 Å². The first-order valence-electron chi connectivity index (χ1n) is 3.80. The molecule has 1 amide bonds. The second-order valence-corrected chi connectivity index (χ2v) is 4.72. The molecule has 0 rings (SSSR count). The molecule has 0 atom stereocenters. The summed E-state index contributed by atoms with van der Waals surface area (Å²) in [5.41, 5.74) is 2.00. The van der Waals surface area contributed by atoms with Crippen LogP contribution in [0, 0.1) is 0 Å². The number of nitrogens with one attached hydrogen (secondary N) is 2. The number of unbranched alkanes of at least 4 members (excludes halogenated alkanes) is 1. The Morgan fingerprint density at radius 3 is 2.46 bits per heavy atom. The highest BCUT2D eigenvalue weighted by Crippen LogP contribution is 1.95. The van der Waals surface area contributed by atoms with Gasteiger partial charge in [0, 0.05) is 12.8 Å². The number of amides is 1. The lowest BCUT2D eigenvalue weighted by atomic mass is 10.4. The summed E-state index contributed by atoms with van der Waals surface area (Å²) in [6, 6.07) is 0. The molecule has 0 spiro atoms. The third kappa shape index (κ3) is 8.01. The van der Waals surface area contributed by atoms with Gasteiger partial charge in [0.05, 0.1) is 5.75 Å². The zero-order valence-electron chi connectivity index (χ0n) is 7.34. The summed E-state index contributed by atoms with van der Waals surface area (Å²) in [6.07, 6.45) is 1.13. The lowest BCUT2D eigenvalue weighted by Gasteiger charge is -2.05. The maximum absolute atomic E-state index is 11.0. The normalized spacial score (nSPS) is 11.2. The van der Waals surface area contributed by atoms with Gasteiger partial charge in [-0.15, -0.1) is 16.4 Å². The Hall–Kier alpha value is -0.330. The molecule has 0 aliphatic carbocycles. The zero-order chi connectivity index (χ0) is 10.3. The maximum atomic E-state index is 11.0. The van der Waals surface area contributed by atoms with Crippen molar-refractivity contribution < 1.29 is 13.2 Å². The van der Waals surface area contributed by atoms with E-state index in [-0.39, 0.29) is 5.75 Å². The number of halogens is 1. The summed E-state index contributed by atoms with van der Waals surface area (Å²) in [4.78, 5) is 12.3. The molecule has 0 bridgehead atoms. The summed E-state index contributed by atoms with van der Waals surface area (Å²) in [6.45, 7) is 1.22. The third-order valence-corrected chi connectivity index (χ3v) is 2.69. The Kier molecular flexibility index (Phi) is 6.02. The molecule has 0 fully saturated rings. The standard InChI is InChI=1S/C6H13ClN2O3S/c1-6(10)8-9-13(11,12)5-3-2-4-7/h9H,2-5H2,1H3,(H,8,10). The molecule has 0 unspecified atom stereocenters. The highest BCUT2D eigenvalue weighted by molar-refractivity contribution is 7.89. The van der Waals surface area contributed by atoms with Crippen molar-refractivity contribution in [1.29, 1.82) is 0 Å². The first-order valence-corrected chi connectivity index (χ1v) is 5.98. The average molecular weight is 229 g/mol. The molecule has 0 saturated heterocycles. The Morgan fingerprint density at radius 1 is 1.38 bits per heavy atom. The number of carbonyl (C=O) groups excluding carboxylic acids is 1. The molecule has 0 aliphatic heterocycles. The van der Waals surface area contributed by atoms with Gasteiger partial charge in [-0.3, -0.25) is 10.2 Å². The topological polar surface area (TPSA) is 75.3 Å². The number of hydrogen-bond acceptors (Lipinski definition) is 3. The minimum atomic E-state index is -3.39. The van der Waals surface area contributed by atoms with Crippen LogP contribution in [0.3, 0.4) is 0 Å². The van der Waals surface area contributed by atoms with Gasteiger partial charge in [0.2, 0.25) is 15.9 Å². The SMILES string of the molecule is CC(=O)NNS(=O)(=O)CCCCCl. The molecule has 7 heteroatoms. The van der Waals surface area contributed by atoms with Gasteiger partial charge in [0.1, 0.15) is 0 Å². The predicted octanol–water partition coefficient (Wildman–Crippen LogP) is -0.0241. The van der Waals surface area contributed by atoms with Crippen LogP contribution in [0.1, 0.15) is 19.8 Å². The van der Waals surface area contributed by atoms with Crippen molar-refractivity contribution in [3.05, 3.63) is 0 Å². The van der Waals surface area contributed by atoms with E-state index in [1.807, 2.05) is 10.3 Å². The second kappa shape index (κ2) is 6.17. The van der Waals surface area contributed by atoms with Crippen LogP contribution in [-0.4, -0.2) is 26.0 Å². The van der Waals surface area contributed by atoms with Gasteiger partial charge in [-0.05, 0) is 12.8 Å². The quantitative estimate of drug-likeness (QED) is 0.381. The van der Waals surface area contributed by atoms with E-state index in [2.05, 4.69) is 0 Å². The Balaban J connectivity index is 3.74. The summed E-state index contributed by atoms with van der Waals surface area (Å²) in [5.74, 6) is -0.0312. The summed E-state index contributed by atoms with van der Waals surface area (Å²) >= 11 is 5.37. The lowest BCUT2D eigenvalue weighted by molar-refractivity contribution is -0.119. The van der Waals surface area contributed by atoms with Gasteiger partial charge in [0.15, 0.2) is 0 Å². The molecule has 78 valence electrons. The van der Waals surface area contributed by atoms with Gasteiger partial charge in [-0.1, -0.05) is 0 Å². The average Bonchev–Trinajstić information content (AvgIpc) is 2.02. The second-order valence-electron chi connectivity index (χ2n) is 2.50. The largest absolute Gasteiger partial charge is 0.278 e. The maximum Gasteiger partial charge on any atom is 0.231 e. The van der Waals surface area contributed by atoms with Crippen LogP contribution < -0.4 is 10.3 Å². The fourth-order valence-electron chi connectivity index (χ4n) is 0.587. The van der Waals surface area contributed by atoms with Crippen LogP contribution >= 0.6 is 11.6 Å². The van der Waals surface area contributed by atoms with Gasteiger partial charge >= 0.3 is 0 Å². The van der Waals surface area contributed by atoms with Crippen LogP contribution in [0.15, 0.2) is 0 Å². The van der Waals surface area contributed by atoms with E-state index in [4.69, 9.17) is 11.6 Å². The molecule has 0 heterocycles. The molecule has 5 nitrogen and oxygen atoms in total. The van der Waals surface area contributed by atoms with Crippen LogP contribution in [0.2, 0.25) is 0 Å². The highest BCUT2D eigenvalue weighted by Gasteiger charge is 2.08. The molecule has 2 N–H and O–H groups in total. The highest BCUT2D eigenvalue weighted by atomic mass is 35.5. The van der Waals surface area contributed by atoms with Crippen molar-refractivity contribution in [3.8, 4) is 0 Å². The number of carbonyl (C=O) groups is 1. The Labute approximate surface area is 82.9 Å². The number of rotatable bonds is 6. The number of hydrazine groups is 1. The fourth-order valence-corrected chi connectivity index (χ4v) is 1.76. The molecule has 0 radical (unpaired) electrons. The van der Waals surface area contributed by atoms with Crippen molar-refractivity contribution in [3.63, 3.8) is 0 Å². The Bertz CT molecular complexity index is 253. The number of alkyl halides is 1. The lowest BCUT2D eigenvalue weighted by Crippen LogP contribution is -2.41. The predicted molar refractivity (Wildman–Crippen MR) is 50.7 cm³/mol. The molecular weight excluding hydrogens is 216 g/mol. The molecule has 0 aromatic carbocycles. The molecule has 0 aromatic rings. The van der Waals surface area contributed by atoms with Crippen molar-refractivity contribution in [1.82, 2.24) is 10.3 Å². The zero-order valence-corrected chi connectivity index (χ0v) is 8.91. The van der Waals surface area contributed by atoms with E-state index in [1.165, 1.54) is 6.92 Å². The minimum Gasteiger partial charge on any atom is -0.278 e. The van der Waals surface area contributed by atoms with E-state index < -0.39 is 15.9 Å². The Morgan fingerprint density at radius 2 is 2.00 bits per heavy atom. The monoisotopic (exact) mass is 228 g/mol. The van der Waals surface area contributed by atoms with E-state index in [0.29, 0.717) is 18.7 Å². The fraction of sp³-hybridized carbons (Fsp3) is 0.833. The minimum absolute atomic E-state index is 0.0278. The van der Waals surface area contributed by atoms with Gasteiger partial charge in [0.25, 0.3) is 0 Å². The van der Waals surface area contributed by atoms with Crippen LogP contribution in [0.4, 0.5) is 0 Å². The first kappa shape index (κ1) is 12.7. The number of sulfonamides is 1. The van der Waals surface area contributed by atoms with E-state index in [0.717, 1.165) is 0 Å². The van der Waals surface area contributed by atoms with Crippen molar-refractivity contribution in [2.45, 2.75) is 19.8 Å². The van der Waals surface area contributed by atoms with Crippen LogP contribution in [0.25, 0.3) is 0 Å². The van der Waals surface area contributed by atoms with Gasteiger partial charge in [-0.25, -0.2) is 8.42 Å². The van der Waals surface area contributed by atoms with Crippen molar-refractivity contribution in [2.24, 2.45) is 0 Å². The third-order valence-electron chi connectivity index (χ3n) is 1.18. The first-order chi connectivity index (χ1) is 5.98. The van der Waals surface area contributed by atoms with Gasteiger partial charge < -0.3 is 0 Å². The molecular formula is C6H13ClN2O3S. The summed E-state index contributed by atoms with van der Waals surface area (Å²) < 4.78 is 22.1. The van der Waals surface area contributed by atoms with E-state index in [9.17, 15) is 13.2 Å². The smallest absolute Gasteiger partial charge is 0.231 e. The van der Waals surface area contributed by atoms with E-state index >= 15 is 0 Å². The van der Waals surface area contributed by atoms with Crippen molar-refractivity contribution >= 4 is 27.5 Å². The van der Waals surface area contributed by atoms with Gasteiger partial charge in [-0.2, -0.15) is 0 Å². The summed E-state index contributed by atoms with van der Waals surface area (Å²) in [7, 11) is -3.39. The molecule has 0 aromatic heterocycles. The van der Waals surface area contributed by atoms with Crippen LogP contribution in [-0.2, 0) is 14.8 Å². The van der Waals surface area contributed by atoms with Crippen LogP contribution in [0.5, 0.6) is 0 Å². The van der Waals surface area contributed by atoms with E-state index in [1.54, 1.807) is 0 Å². The molecule has 13 heavy (non-hydrogen) atoms. The summed E-state index contributed by atoms with van der Waals surface area (Å²) in [5, 5.41) is 0. The number of hydrogen-bond donors (Lipinski definition) is 2. The molecule has 0 saturated carbocycles.